The van der Waals surface area contributed by atoms with Crippen molar-refractivity contribution in [1.29, 1.82) is 0 Å². The van der Waals surface area contributed by atoms with Crippen LogP contribution in [0.25, 0.3) is 11.7 Å². The molecule has 0 unspecified atom stereocenters. The average Bonchev–Trinajstić information content (AvgIpc) is 2.48. The van der Waals surface area contributed by atoms with E-state index in [4.69, 9.17) is 11.5 Å². The van der Waals surface area contributed by atoms with Crippen LogP contribution in [0.3, 0.4) is 0 Å². The lowest BCUT2D eigenvalue weighted by Crippen LogP contribution is -2.00. The van der Waals surface area contributed by atoms with Gasteiger partial charge in [-0.15, -0.1) is 5.10 Å². The number of rotatable bonds is 1. The van der Waals surface area contributed by atoms with Crippen LogP contribution in [0.1, 0.15) is 12.6 Å². The van der Waals surface area contributed by atoms with E-state index >= 15 is 0 Å². The van der Waals surface area contributed by atoms with Crippen LogP contribution < -0.4 is 11.5 Å². The zero-order valence-electron chi connectivity index (χ0n) is 7.81. The first-order valence-corrected chi connectivity index (χ1v) is 4.25. The van der Waals surface area contributed by atoms with Crippen LogP contribution >= 0.6 is 0 Å². The van der Waals surface area contributed by atoms with E-state index in [2.05, 4.69) is 10.1 Å². The zero-order chi connectivity index (χ0) is 10.1. The number of imidazole rings is 1. The molecule has 2 rings (SSSR count). The van der Waals surface area contributed by atoms with Crippen LogP contribution in [0.15, 0.2) is 18.3 Å². The molecule has 0 aliphatic heterocycles. The molecule has 4 N–H and O–H groups in total. The molecule has 5 nitrogen and oxygen atoms in total. The predicted octanol–water partition coefficient (Wildman–Crippen LogP) is 0.927. The quantitative estimate of drug-likeness (QED) is 0.699. The normalized spacial score (nSPS) is 11.5. The van der Waals surface area contributed by atoms with Gasteiger partial charge in [-0.1, -0.05) is 6.08 Å². The Morgan fingerprint density at radius 2 is 2.21 bits per heavy atom. The van der Waals surface area contributed by atoms with Gasteiger partial charge in [-0.05, 0) is 13.0 Å². The van der Waals surface area contributed by atoms with Gasteiger partial charge in [-0.3, -0.25) is 0 Å². The number of hydrogen-bond acceptors (Lipinski definition) is 4. The molecule has 0 aromatic carbocycles. The zero-order valence-corrected chi connectivity index (χ0v) is 7.81. The number of fused-ring (bicyclic) bond motifs is 1. The molecule has 2 aromatic heterocycles. The number of nitrogens with two attached hydrogens (primary N) is 2. The molecule has 0 saturated heterocycles. The molecular formula is C9H11N5. The molecule has 0 radical (unpaired) electrons. The lowest BCUT2D eigenvalue weighted by atomic mass is 10.4. The molecule has 72 valence electrons. The van der Waals surface area contributed by atoms with Crippen molar-refractivity contribution < 1.29 is 0 Å². The molecule has 2 aromatic rings. The van der Waals surface area contributed by atoms with Crippen LogP contribution in [-0.2, 0) is 0 Å². The van der Waals surface area contributed by atoms with Crippen molar-refractivity contribution in [3.63, 3.8) is 0 Å². The van der Waals surface area contributed by atoms with E-state index in [9.17, 15) is 0 Å². The molecule has 2 heterocycles. The van der Waals surface area contributed by atoms with Crippen LogP contribution in [0, 0.1) is 0 Å². The first kappa shape index (κ1) is 8.55. The van der Waals surface area contributed by atoms with Crippen LogP contribution in [0.4, 0.5) is 11.5 Å². The summed E-state index contributed by atoms with van der Waals surface area (Å²) in [6.07, 6.45) is 5.56. The van der Waals surface area contributed by atoms with Crippen molar-refractivity contribution in [3.8, 4) is 0 Å². The summed E-state index contributed by atoms with van der Waals surface area (Å²) in [7, 11) is 0. The molecule has 0 fully saturated rings. The minimum atomic E-state index is 0.388. The van der Waals surface area contributed by atoms with E-state index in [-0.39, 0.29) is 0 Å². The summed E-state index contributed by atoms with van der Waals surface area (Å²) in [6, 6.07) is 1.60. The van der Waals surface area contributed by atoms with Gasteiger partial charge in [0.1, 0.15) is 5.82 Å². The highest BCUT2D eigenvalue weighted by Crippen LogP contribution is 2.14. The Balaban J connectivity index is 2.70. The molecule has 0 atom stereocenters. The number of nitrogen functional groups attached to an aromatic ring is 2. The maximum absolute atomic E-state index is 5.74. The summed E-state index contributed by atoms with van der Waals surface area (Å²) < 4.78 is 1.58. The molecule has 0 bridgehead atoms. The van der Waals surface area contributed by atoms with E-state index in [1.165, 1.54) is 0 Å². The minimum absolute atomic E-state index is 0.388. The fourth-order valence-corrected chi connectivity index (χ4v) is 1.29. The molecular weight excluding hydrogens is 178 g/mol. The molecule has 14 heavy (non-hydrogen) atoms. The van der Waals surface area contributed by atoms with Crippen molar-refractivity contribution in [3.05, 3.63) is 24.0 Å². The summed E-state index contributed by atoms with van der Waals surface area (Å²) in [6.45, 7) is 1.93. The van der Waals surface area contributed by atoms with Gasteiger partial charge in [-0.25, -0.2) is 9.50 Å². The Labute approximate surface area is 81.0 Å². The second kappa shape index (κ2) is 3.02. The Hall–Kier alpha value is -2.04. The van der Waals surface area contributed by atoms with Gasteiger partial charge >= 0.3 is 0 Å². The summed E-state index contributed by atoms with van der Waals surface area (Å²) in [4.78, 5) is 4.28. The monoisotopic (exact) mass is 189 g/mol. The van der Waals surface area contributed by atoms with Gasteiger partial charge in [-0.2, -0.15) is 0 Å². The van der Waals surface area contributed by atoms with Crippen LogP contribution in [-0.4, -0.2) is 14.6 Å². The van der Waals surface area contributed by atoms with Crippen molar-refractivity contribution in [2.45, 2.75) is 6.92 Å². The van der Waals surface area contributed by atoms with Crippen molar-refractivity contribution in [1.82, 2.24) is 14.6 Å². The third-order valence-electron chi connectivity index (χ3n) is 1.83. The van der Waals surface area contributed by atoms with Crippen molar-refractivity contribution in [2.24, 2.45) is 0 Å². The minimum Gasteiger partial charge on any atom is -0.396 e. The van der Waals surface area contributed by atoms with Crippen molar-refractivity contribution >= 4 is 23.2 Å². The van der Waals surface area contributed by atoms with Gasteiger partial charge < -0.3 is 11.5 Å². The van der Waals surface area contributed by atoms with Crippen LogP contribution in [0.2, 0.25) is 0 Å². The summed E-state index contributed by atoms with van der Waals surface area (Å²) in [5.74, 6) is 0.388. The Bertz CT molecular complexity index is 497. The fraction of sp³-hybridized carbons (Fsp3) is 0.111. The number of aromatic nitrogens is 3. The lowest BCUT2D eigenvalue weighted by molar-refractivity contribution is 0.947. The molecule has 0 spiro atoms. The highest BCUT2D eigenvalue weighted by molar-refractivity contribution is 5.68. The van der Waals surface area contributed by atoms with E-state index < -0.39 is 0 Å². The Morgan fingerprint density at radius 3 is 2.93 bits per heavy atom. The third-order valence-corrected chi connectivity index (χ3v) is 1.83. The Morgan fingerprint density at radius 1 is 1.43 bits per heavy atom. The molecule has 0 saturated carbocycles. The van der Waals surface area contributed by atoms with E-state index in [0.717, 1.165) is 5.69 Å². The second-order valence-electron chi connectivity index (χ2n) is 2.96. The maximum Gasteiger partial charge on any atom is 0.177 e. The lowest BCUT2D eigenvalue weighted by Gasteiger charge is -1.97. The van der Waals surface area contributed by atoms with E-state index in [1.54, 1.807) is 16.8 Å². The second-order valence-corrected chi connectivity index (χ2v) is 2.96. The Kier molecular flexibility index (Phi) is 1.85. The first-order valence-electron chi connectivity index (χ1n) is 4.25. The number of hydrogen-bond donors (Lipinski definition) is 2. The summed E-state index contributed by atoms with van der Waals surface area (Å²) in [5, 5.41) is 4.06. The average molecular weight is 189 g/mol. The largest absolute Gasteiger partial charge is 0.396 e. The predicted molar refractivity (Wildman–Crippen MR) is 56.5 cm³/mol. The van der Waals surface area contributed by atoms with Crippen LogP contribution in [0.5, 0.6) is 0 Å². The highest BCUT2D eigenvalue weighted by Gasteiger charge is 2.04. The van der Waals surface area contributed by atoms with Crippen molar-refractivity contribution in [2.75, 3.05) is 11.5 Å². The van der Waals surface area contributed by atoms with Gasteiger partial charge in [0.05, 0.1) is 17.6 Å². The molecule has 0 aliphatic carbocycles. The van der Waals surface area contributed by atoms with Gasteiger partial charge in [0, 0.05) is 6.07 Å². The maximum atomic E-state index is 5.74. The first-order chi connectivity index (χ1) is 6.70. The number of allylic oxidation sites excluding steroid dienone is 1. The van der Waals surface area contributed by atoms with Gasteiger partial charge in [0.25, 0.3) is 0 Å². The highest BCUT2D eigenvalue weighted by atomic mass is 15.3. The molecule has 0 aliphatic rings. The number of anilines is 2. The molecule has 0 amide bonds. The number of nitrogens with zero attached hydrogens (tertiary/aromatic N) is 3. The SMILES string of the molecule is CC=Cc1cn2nc(N)cc(N)c2n1. The summed E-state index contributed by atoms with van der Waals surface area (Å²) >= 11 is 0. The topological polar surface area (TPSA) is 82.2 Å². The molecule has 5 heteroatoms. The van der Waals surface area contributed by atoms with E-state index in [0.29, 0.717) is 17.2 Å². The van der Waals surface area contributed by atoms with Gasteiger partial charge in [0.2, 0.25) is 0 Å². The van der Waals surface area contributed by atoms with Gasteiger partial charge in [0.15, 0.2) is 5.65 Å². The fourth-order valence-electron chi connectivity index (χ4n) is 1.29. The smallest absolute Gasteiger partial charge is 0.177 e. The summed E-state index contributed by atoms with van der Waals surface area (Å²) in [5.41, 5.74) is 13.3. The third kappa shape index (κ3) is 1.28. The standard InChI is InChI=1S/C9H11N5/c1-2-3-6-5-14-9(12-6)7(10)4-8(11)13-14/h2-5H,10H2,1H3,(H2,11,13). The van der Waals surface area contributed by atoms with E-state index in [1.807, 2.05) is 19.1 Å².